The average Bonchev–Trinajstić information content (AvgIpc) is 2.76. The summed E-state index contributed by atoms with van der Waals surface area (Å²) in [6.07, 6.45) is 0. The molecule has 9 heteroatoms. The van der Waals surface area contributed by atoms with Gasteiger partial charge in [0.25, 0.3) is 0 Å². The number of rotatable bonds is 3. The number of benzene rings is 1. The number of hydrogen-bond acceptors (Lipinski definition) is 7. The molecular weight excluding hydrogens is 266 g/mol. The molecule has 4 N–H and O–H groups in total. The average molecular weight is 277 g/mol. The molecule has 104 valence electrons. The van der Waals surface area contributed by atoms with Gasteiger partial charge in [0.15, 0.2) is 0 Å². The summed E-state index contributed by atoms with van der Waals surface area (Å²) in [5.41, 5.74) is 7.75. The fourth-order valence-electron chi connectivity index (χ4n) is 1.49. The van der Waals surface area contributed by atoms with E-state index < -0.39 is 11.6 Å². The number of phenols is 1. The molecule has 2 aromatic rings. The van der Waals surface area contributed by atoms with Crippen molar-refractivity contribution >= 4 is 17.4 Å². The Morgan fingerprint density at radius 3 is 2.85 bits per heavy atom. The van der Waals surface area contributed by atoms with E-state index >= 15 is 0 Å². The molecule has 0 saturated carbocycles. The second-order valence-corrected chi connectivity index (χ2v) is 3.82. The van der Waals surface area contributed by atoms with Crippen molar-refractivity contribution in [1.82, 2.24) is 10.6 Å². The number of hydrogen-bond donors (Lipinski definition) is 3. The third-order valence-electron chi connectivity index (χ3n) is 2.47. The third-order valence-corrected chi connectivity index (χ3v) is 2.47. The van der Waals surface area contributed by atoms with Gasteiger partial charge in [0.05, 0.1) is 10.9 Å². The van der Waals surface area contributed by atoms with Gasteiger partial charge in [-0.25, -0.2) is 5.43 Å². The quantitative estimate of drug-likeness (QED) is 0.401. The normalized spacial score (nSPS) is 11.3. The SMILES string of the molecule is C/C(=N\NC(=O)c1c(N)no[n+]1[O-])c1ccccc1O. The van der Waals surface area contributed by atoms with Crippen molar-refractivity contribution in [2.24, 2.45) is 5.10 Å². The van der Waals surface area contributed by atoms with Gasteiger partial charge >= 0.3 is 17.4 Å². The first-order valence-corrected chi connectivity index (χ1v) is 5.49. The summed E-state index contributed by atoms with van der Waals surface area (Å²) < 4.78 is 4.16. The van der Waals surface area contributed by atoms with Gasteiger partial charge in [0, 0.05) is 5.56 Å². The predicted octanol–water partition coefficient (Wildman–Crippen LogP) is -0.250. The van der Waals surface area contributed by atoms with Crippen LogP contribution in [0.1, 0.15) is 23.0 Å². The topological polar surface area (TPSA) is 141 Å². The molecule has 1 heterocycles. The summed E-state index contributed by atoms with van der Waals surface area (Å²) in [6.45, 7) is 1.58. The Labute approximate surface area is 112 Å². The zero-order valence-corrected chi connectivity index (χ0v) is 10.4. The van der Waals surface area contributed by atoms with Crippen LogP contribution in [0.2, 0.25) is 0 Å². The molecule has 1 amide bonds. The number of phenolic OH excluding ortho intramolecular Hbond substituents is 1. The third kappa shape index (κ3) is 2.51. The molecule has 1 aromatic carbocycles. The molecule has 0 aliphatic rings. The van der Waals surface area contributed by atoms with E-state index in [0.717, 1.165) is 0 Å². The Bertz CT molecular complexity index is 660. The van der Waals surface area contributed by atoms with Crippen molar-refractivity contribution in [3.05, 3.63) is 40.7 Å². The zero-order chi connectivity index (χ0) is 14.7. The zero-order valence-electron chi connectivity index (χ0n) is 10.4. The first-order chi connectivity index (χ1) is 9.50. The molecule has 0 bridgehead atoms. The second-order valence-electron chi connectivity index (χ2n) is 3.82. The summed E-state index contributed by atoms with van der Waals surface area (Å²) in [7, 11) is 0. The molecule has 0 aliphatic carbocycles. The van der Waals surface area contributed by atoms with Gasteiger partial charge in [-0.3, -0.25) is 9.42 Å². The number of nitrogens with zero attached hydrogens (tertiary/aromatic N) is 3. The minimum Gasteiger partial charge on any atom is -0.507 e. The number of para-hydroxylation sites is 1. The number of nitrogens with two attached hydrogens (primary N) is 1. The van der Waals surface area contributed by atoms with E-state index in [9.17, 15) is 15.1 Å². The lowest BCUT2D eigenvalue weighted by molar-refractivity contribution is -0.803. The highest BCUT2D eigenvalue weighted by Crippen LogP contribution is 2.16. The number of aromatic hydroxyl groups is 1. The van der Waals surface area contributed by atoms with E-state index in [4.69, 9.17) is 5.73 Å². The number of hydrazone groups is 1. The van der Waals surface area contributed by atoms with Crippen LogP contribution >= 0.6 is 0 Å². The minimum absolute atomic E-state index is 0.0198. The molecule has 0 atom stereocenters. The fourth-order valence-corrected chi connectivity index (χ4v) is 1.49. The highest BCUT2D eigenvalue weighted by molar-refractivity contribution is 6.02. The van der Waals surface area contributed by atoms with Crippen LogP contribution in [0.3, 0.4) is 0 Å². The van der Waals surface area contributed by atoms with Crippen molar-refractivity contribution in [3.63, 3.8) is 0 Å². The van der Waals surface area contributed by atoms with Crippen LogP contribution in [0, 0.1) is 5.21 Å². The molecule has 0 radical (unpaired) electrons. The van der Waals surface area contributed by atoms with Crippen molar-refractivity contribution in [3.8, 4) is 5.75 Å². The maximum atomic E-state index is 11.7. The smallest absolute Gasteiger partial charge is 0.322 e. The van der Waals surface area contributed by atoms with Crippen LogP contribution in [0.25, 0.3) is 0 Å². The Kier molecular flexibility index (Phi) is 3.51. The van der Waals surface area contributed by atoms with Gasteiger partial charge < -0.3 is 16.0 Å². The Morgan fingerprint density at radius 2 is 2.25 bits per heavy atom. The lowest BCUT2D eigenvalue weighted by atomic mass is 10.1. The number of carbonyl (C=O) groups is 1. The summed E-state index contributed by atoms with van der Waals surface area (Å²) >= 11 is 0. The first kappa shape index (κ1) is 13.3. The summed E-state index contributed by atoms with van der Waals surface area (Å²) in [5, 5.41) is 27.6. The molecule has 0 aliphatic heterocycles. The first-order valence-electron chi connectivity index (χ1n) is 5.49. The molecule has 0 fully saturated rings. The van der Waals surface area contributed by atoms with Crippen LogP contribution in [0.5, 0.6) is 5.75 Å². The van der Waals surface area contributed by atoms with E-state index in [1.54, 1.807) is 25.1 Å². The number of carbonyl (C=O) groups excluding carboxylic acids is 1. The van der Waals surface area contributed by atoms with Gasteiger partial charge in [0.2, 0.25) is 0 Å². The summed E-state index contributed by atoms with van der Waals surface area (Å²) in [4.78, 5) is 11.6. The predicted molar refractivity (Wildman–Crippen MR) is 67.7 cm³/mol. The highest BCUT2D eigenvalue weighted by Gasteiger charge is 2.24. The monoisotopic (exact) mass is 277 g/mol. The molecule has 20 heavy (non-hydrogen) atoms. The van der Waals surface area contributed by atoms with E-state index in [1.165, 1.54) is 6.07 Å². The standard InChI is InChI=1S/C11H11N5O4/c1-6(7-4-2-3-5-8(7)17)13-14-11(18)9-10(12)15-20-16(9)19/h2-5,17H,1H3,(H2,12,15)(H,14,18)/b13-6+. The van der Waals surface area contributed by atoms with Crippen LogP contribution in [0.4, 0.5) is 5.82 Å². The van der Waals surface area contributed by atoms with Crippen LogP contribution in [-0.2, 0) is 0 Å². The minimum atomic E-state index is -0.867. The Balaban J connectivity index is 2.18. The molecule has 0 spiro atoms. The van der Waals surface area contributed by atoms with Gasteiger partial charge in [-0.05, 0) is 24.0 Å². The summed E-state index contributed by atoms with van der Waals surface area (Å²) in [5.74, 6) is -1.19. The lowest BCUT2D eigenvalue weighted by Crippen LogP contribution is -2.36. The second kappa shape index (κ2) is 5.26. The Hall–Kier alpha value is -3.10. The van der Waals surface area contributed by atoms with Gasteiger partial charge in [-0.2, -0.15) is 5.10 Å². The van der Waals surface area contributed by atoms with Crippen LogP contribution in [0.15, 0.2) is 34.0 Å². The number of anilines is 1. The van der Waals surface area contributed by atoms with Crippen molar-refractivity contribution < 1.29 is 19.4 Å². The Morgan fingerprint density at radius 1 is 1.55 bits per heavy atom. The van der Waals surface area contributed by atoms with E-state index in [2.05, 4.69) is 20.3 Å². The van der Waals surface area contributed by atoms with E-state index in [0.29, 0.717) is 11.3 Å². The maximum Gasteiger partial charge on any atom is 0.322 e. The molecule has 0 saturated heterocycles. The van der Waals surface area contributed by atoms with Gasteiger partial charge in [0.1, 0.15) is 5.75 Å². The number of amides is 1. The van der Waals surface area contributed by atoms with Gasteiger partial charge in [-0.15, -0.1) is 0 Å². The fraction of sp³-hybridized carbons (Fsp3) is 0.0909. The van der Waals surface area contributed by atoms with E-state index in [1.807, 2.05) is 0 Å². The number of nitrogens with one attached hydrogen (secondary N) is 1. The van der Waals surface area contributed by atoms with Crippen molar-refractivity contribution in [1.29, 1.82) is 0 Å². The summed E-state index contributed by atoms with van der Waals surface area (Å²) in [6, 6.07) is 6.48. The van der Waals surface area contributed by atoms with Crippen molar-refractivity contribution in [2.45, 2.75) is 6.92 Å². The molecule has 0 unspecified atom stereocenters. The number of nitrogen functional groups attached to an aromatic ring is 1. The van der Waals surface area contributed by atoms with Gasteiger partial charge in [-0.1, -0.05) is 12.1 Å². The van der Waals surface area contributed by atoms with Crippen LogP contribution < -0.4 is 16.1 Å². The van der Waals surface area contributed by atoms with Crippen LogP contribution in [-0.4, -0.2) is 21.9 Å². The highest BCUT2D eigenvalue weighted by atomic mass is 16.8. The molecular formula is C11H11N5O4. The number of aromatic nitrogens is 2. The molecule has 1 aromatic heterocycles. The molecule has 9 nitrogen and oxygen atoms in total. The molecule has 2 rings (SSSR count). The van der Waals surface area contributed by atoms with E-state index in [-0.39, 0.29) is 16.5 Å². The maximum absolute atomic E-state index is 11.7. The van der Waals surface area contributed by atoms with Crippen molar-refractivity contribution in [2.75, 3.05) is 5.73 Å². The largest absolute Gasteiger partial charge is 0.507 e. The lowest BCUT2D eigenvalue weighted by Gasteiger charge is -2.03.